The maximum Gasteiger partial charge on any atom is 0.145 e. The molecule has 0 atom stereocenters. The first-order chi connectivity index (χ1) is 8.72. The number of H-pyrrole nitrogens is 2. The molecule has 0 fully saturated rings. The van der Waals surface area contributed by atoms with Gasteiger partial charge in [0.2, 0.25) is 0 Å². The number of hydrogen-bond donors (Lipinski definition) is 4. The standard InChI is InChI=1S/C12H12N6/c13-11-5-9(15-17-11)7-2-1-3-8(4-7)10-6-12(14)18-16-10/h1-6H,(H3,13,15,17)(H3,14,16,18). The first-order valence-electron chi connectivity index (χ1n) is 5.45. The molecule has 2 aromatic heterocycles. The van der Waals surface area contributed by atoms with Gasteiger partial charge in [0, 0.05) is 23.3 Å². The van der Waals surface area contributed by atoms with Crippen LogP contribution in [0.2, 0.25) is 0 Å². The van der Waals surface area contributed by atoms with Crippen molar-refractivity contribution in [2.75, 3.05) is 11.5 Å². The molecule has 0 saturated carbocycles. The molecule has 0 aliphatic rings. The zero-order chi connectivity index (χ0) is 12.5. The Morgan fingerprint density at radius 1 is 0.778 bits per heavy atom. The summed E-state index contributed by atoms with van der Waals surface area (Å²) >= 11 is 0. The highest BCUT2D eigenvalue weighted by Gasteiger charge is 2.05. The quantitative estimate of drug-likeness (QED) is 0.545. The smallest absolute Gasteiger partial charge is 0.145 e. The molecular formula is C12H12N6. The molecule has 0 aliphatic heterocycles. The third kappa shape index (κ3) is 1.80. The molecule has 0 amide bonds. The van der Waals surface area contributed by atoms with Crippen LogP contribution in [0.25, 0.3) is 22.5 Å². The fourth-order valence-corrected chi connectivity index (χ4v) is 1.82. The molecule has 2 heterocycles. The minimum atomic E-state index is 0.473. The molecule has 18 heavy (non-hydrogen) atoms. The molecule has 3 aromatic rings. The number of benzene rings is 1. The van der Waals surface area contributed by atoms with E-state index >= 15 is 0 Å². The van der Waals surface area contributed by atoms with Crippen molar-refractivity contribution in [3.8, 4) is 22.5 Å². The number of nitrogen functional groups attached to an aromatic ring is 2. The second-order valence-corrected chi connectivity index (χ2v) is 3.99. The van der Waals surface area contributed by atoms with E-state index in [0.717, 1.165) is 22.5 Å². The Bertz CT molecular complexity index is 626. The molecule has 0 unspecified atom stereocenters. The van der Waals surface area contributed by atoms with Gasteiger partial charge in [-0.2, -0.15) is 10.2 Å². The highest BCUT2D eigenvalue weighted by Crippen LogP contribution is 2.25. The van der Waals surface area contributed by atoms with Gasteiger partial charge in [0.05, 0.1) is 11.4 Å². The summed E-state index contributed by atoms with van der Waals surface area (Å²) in [7, 11) is 0. The van der Waals surface area contributed by atoms with Crippen molar-refractivity contribution in [3.05, 3.63) is 36.4 Å². The number of aromatic nitrogens is 4. The third-order valence-corrected chi connectivity index (χ3v) is 2.68. The first-order valence-corrected chi connectivity index (χ1v) is 5.45. The Morgan fingerprint density at radius 2 is 1.28 bits per heavy atom. The molecule has 0 radical (unpaired) electrons. The van der Waals surface area contributed by atoms with E-state index in [9.17, 15) is 0 Å². The van der Waals surface area contributed by atoms with Crippen molar-refractivity contribution in [1.82, 2.24) is 20.4 Å². The maximum atomic E-state index is 5.59. The molecule has 0 spiro atoms. The largest absolute Gasteiger partial charge is 0.382 e. The molecule has 0 saturated heterocycles. The maximum absolute atomic E-state index is 5.59. The van der Waals surface area contributed by atoms with Gasteiger partial charge in [-0.15, -0.1) is 0 Å². The van der Waals surface area contributed by atoms with Crippen LogP contribution in [0.1, 0.15) is 0 Å². The number of rotatable bonds is 2. The summed E-state index contributed by atoms with van der Waals surface area (Å²) in [5.41, 5.74) is 14.9. The first kappa shape index (κ1) is 10.4. The monoisotopic (exact) mass is 240 g/mol. The lowest BCUT2D eigenvalue weighted by Gasteiger charge is -2.01. The molecule has 90 valence electrons. The van der Waals surface area contributed by atoms with Crippen molar-refractivity contribution in [2.24, 2.45) is 0 Å². The summed E-state index contributed by atoms with van der Waals surface area (Å²) in [6, 6.07) is 11.5. The normalized spacial score (nSPS) is 10.7. The number of aromatic amines is 2. The average Bonchev–Trinajstić information content (AvgIpc) is 2.98. The van der Waals surface area contributed by atoms with E-state index in [0.29, 0.717) is 11.6 Å². The van der Waals surface area contributed by atoms with Crippen LogP contribution in [0.15, 0.2) is 36.4 Å². The van der Waals surface area contributed by atoms with Crippen molar-refractivity contribution < 1.29 is 0 Å². The lowest BCUT2D eigenvalue weighted by atomic mass is 10.1. The number of anilines is 2. The van der Waals surface area contributed by atoms with Crippen molar-refractivity contribution >= 4 is 11.6 Å². The van der Waals surface area contributed by atoms with Gasteiger partial charge in [-0.05, 0) is 6.07 Å². The molecule has 6 nitrogen and oxygen atoms in total. The molecular weight excluding hydrogens is 228 g/mol. The Morgan fingerprint density at radius 3 is 1.67 bits per heavy atom. The van der Waals surface area contributed by atoms with Crippen LogP contribution >= 0.6 is 0 Å². The van der Waals surface area contributed by atoms with E-state index in [1.165, 1.54) is 0 Å². The molecule has 6 heteroatoms. The number of hydrogen-bond acceptors (Lipinski definition) is 4. The summed E-state index contributed by atoms with van der Waals surface area (Å²) in [4.78, 5) is 0. The van der Waals surface area contributed by atoms with Gasteiger partial charge in [0.1, 0.15) is 11.6 Å². The number of nitrogens with zero attached hydrogens (tertiary/aromatic N) is 2. The summed E-state index contributed by atoms with van der Waals surface area (Å²) in [5.74, 6) is 0.947. The van der Waals surface area contributed by atoms with Gasteiger partial charge >= 0.3 is 0 Å². The second kappa shape index (κ2) is 3.92. The van der Waals surface area contributed by atoms with Crippen LogP contribution in [0.5, 0.6) is 0 Å². The summed E-state index contributed by atoms with van der Waals surface area (Å²) in [6.07, 6.45) is 0. The van der Waals surface area contributed by atoms with Gasteiger partial charge in [0.25, 0.3) is 0 Å². The molecule has 1 aromatic carbocycles. The Balaban J connectivity index is 2.04. The zero-order valence-electron chi connectivity index (χ0n) is 9.51. The Kier molecular flexibility index (Phi) is 2.26. The topological polar surface area (TPSA) is 109 Å². The van der Waals surface area contributed by atoms with Gasteiger partial charge in [-0.3, -0.25) is 10.2 Å². The minimum absolute atomic E-state index is 0.473. The average molecular weight is 240 g/mol. The van der Waals surface area contributed by atoms with E-state index in [1.54, 1.807) is 12.1 Å². The Labute approximate surface area is 103 Å². The number of nitrogens with one attached hydrogen (secondary N) is 2. The summed E-state index contributed by atoms with van der Waals surface area (Å²) < 4.78 is 0. The van der Waals surface area contributed by atoms with E-state index in [4.69, 9.17) is 11.5 Å². The minimum Gasteiger partial charge on any atom is -0.382 e. The van der Waals surface area contributed by atoms with Crippen molar-refractivity contribution in [2.45, 2.75) is 0 Å². The number of nitrogens with two attached hydrogens (primary N) is 2. The predicted octanol–water partition coefficient (Wildman–Crippen LogP) is 1.63. The van der Waals surface area contributed by atoms with Crippen LogP contribution in [-0.4, -0.2) is 20.4 Å². The zero-order valence-corrected chi connectivity index (χ0v) is 9.51. The van der Waals surface area contributed by atoms with E-state index in [-0.39, 0.29) is 0 Å². The van der Waals surface area contributed by atoms with Gasteiger partial charge < -0.3 is 11.5 Å². The SMILES string of the molecule is Nc1cc(-c2cccc(-c3cc(N)n[nH]3)c2)[nH]n1. The molecule has 0 bridgehead atoms. The van der Waals surface area contributed by atoms with Gasteiger partial charge in [0.15, 0.2) is 0 Å². The molecule has 3 rings (SSSR count). The fourth-order valence-electron chi connectivity index (χ4n) is 1.82. The van der Waals surface area contributed by atoms with Crippen LogP contribution in [0.3, 0.4) is 0 Å². The van der Waals surface area contributed by atoms with Crippen molar-refractivity contribution in [1.29, 1.82) is 0 Å². The lowest BCUT2D eigenvalue weighted by molar-refractivity contribution is 1.10. The van der Waals surface area contributed by atoms with Crippen LogP contribution in [0.4, 0.5) is 11.6 Å². The summed E-state index contributed by atoms with van der Waals surface area (Å²) in [6.45, 7) is 0. The second-order valence-electron chi connectivity index (χ2n) is 3.99. The Hall–Kier alpha value is -2.76. The van der Waals surface area contributed by atoms with E-state index in [2.05, 4.69) is 20.4 Å². The third-order valence-electron chi connectivity index (χ3n) is 2.68. The summed E-state index contributed by atoms with van der Waals surface area (Å²) in [5, 5.41) is 13.6. The van der Waals surface area contributed by atoms with Crippen LogP contribution in [-0.2, 0) is 0 Å². The van der Waals surface area contributed by atoms with Crippen LogP contribution in [0, 0.1) is 0 Å². The lowest BCUT2D eigenvalue weighted by Crippen LogP contribution is -1.82. The van der Waals surface area contributed by atoms with Gasteiger partial charge in [-0.25, -0.2) is 0 Å². The highest BCUT2D eigenvalue weighted by molar-refractivity contribution is 5.71. The van der Waals surface area contributed by atoms with E-state index in [1.807, 2.05) is 24.3 Å². The van der Waals surface area contributed by atoms with E-state index < -0.39 is 0 Å². The highest BCUT2D eigenvalue weighted by atomic mass is 15.2. The van der Waals surface area contributed by atoms with Crippen LogP contribution < -0.4 is 11.5 Å². The molecule has 0 aliphatic carbocycles. The predicted molar refractivity (Wildman–Crippen MR) is 70.4 cm³/mol. The van der Waals surface area contributed by atoms with Crippen molar-refractivity contribution in [3.63, 3.8) is 0 Å². The molecule has 6 N–H and O–H groups in total. The van der Waals surface area contributed by atoms with Gasteiger partial charge in [-0.1, -0.05) is 18.2 Å². The fraction of sp³-hybridized carbons (Fsp3) is 0.